The molecular formula is C12H27N3O. The molecule has 0 radical (unpaired) electrons. The minimum atomic E-state index is -0.586. The van der Waals surface area contributed by atoms with E-state index in [2.05, 4.69) is 31.0 Å². The Morgan fingerprint density at radius 3 is 2.31 bits per heavy atom. The summed E-state index contributed by atoms with van der Waals surface area (Å²) in [4.78, 5) is 13.8. The molecule has 4 nitrogen and oxygen atoms in total. The maximum absolute atomic E-state index is 11.4. The standard InChI is InChI=1S/C12H27N3O/c1-6-14-12(5,11(13)16)8-9-15(7-2)10(3)4/h10,14H,6-9H2,1-5H3,(H2,13,16). The molecule has 1 amide bonds. The number of nitrogens with two attached hydrogens (primary N) is 1. The fourth-order valence-electron chi connectivity index (χ4n) is 1.84. The van der Waals surface area contributed by atoms with Crippen LogP contribution >= 0.6 is 0 Å². The molecule has 0 spiro atoms. The molecule has 0 rings (SSSR count). The molecule has 0 fully saturated rings. The lowest BCUT2D eigenvalue weighted by atomic mass is 9.96. The van der Waals surface area contributed by atoms with Crippen molar-refractivity contribution < 1.29 is 4.79 Å². The molecule has 0 aromatic heterocycles. The van der Waals surface area contributed by atoms with Crippen molar-refractivity contribution in [2.45, 2.75) is 52.6 Å². The Morgan fingerprint density at radius 2 is 2.00 bits per heavy atom. The van der Waals surface area contributed by atoms with Crippen molar-refractivity contribution in [3.05, 3.63) is 0 Å². The lowest BCUT2D eigenvalue weighted by molar-refractivity contribution is -0.124. The summed E-state index contributed by atoms with van der Waals surface area (Å²) in [7, 11) is 0. The van der Waals surface area contributed by atoms with Gasteiger partial charge in [-0.25, -0.2) is 0 Å². The van der Waals surface area contributed by atoms with Crippen LogP contribution in [0.1, 0.15) is 41.0 Å². The Hall–Kier alpha value is -0.610. The molecule has 1 unspecified atom stereocenters. The summed E-state index contributed by atoms with van der Waals surface area (Å²) < 4.78 is 0. The summed E-state index contributed by atoms with van der Waals surface area (Å²) in [6.45, 7) is 13.0. The number of nitrogens with zero attached hydrogens (tertiary/aromatic N) is 1. The topological polar surface area (TPSA) is 58.4 Å². The number of rotatable bonds is 8. The van der Waals surface area contributed by atoms with Crippen LogP contribution in [0.2, 0.25) is 0 Å². The molecular weight excluding hydrogens is 202 g/mol. The maximum Gasteiger partial charge on any atom is 0.237 e. The fourth-order valence-corrected chi connectivity index (χ4v) is 1.84. The van der Waals surface area contributed by atoms with E-state index in [1.54, 1.807) is 0 Å². The lowest BCUT2D eigenvalue weighted by Gasteiger charge is -2.32. The summed E-state index contributed by atoms with van der Waals surface area (Å²) >= 11 is 0. The maximum atomic E-state index is 11.4. The first-order valence-corrected chi connectivity index (χ1v) is 6.16. The molecule has 4 heteroatoms. The number of hydrogen-bond donors (Lipinski definition) is 2. The number of nitrogens with one attached hydrogen (secondary N) is 1. The van der Waals surface area contributed by atoms with Gasteiger partial charge in [-0.2, -0.15) is 0 Å². The van der Waals surface area contributed by atoms with Crippen LogP contribution in [-0.2, 0) is 4.79 Å². The molecule has 0 aromatic rings. The van der Waals surface area contributed by atoms with E-state index in [0.29, 0.717) is 6.04 Å². The first kappa shape index (κ1) is 15.4. The molecule has 0 saturated carbocycles. The van der Waals surface area contributed by atoms with Gasteiger partial charge in [-0.15, -0.1) is 0 Å². The normalized spacial score (nSPS) is 15.4. The minimum Gasteiger partial charge on any atom is -0.368 e. The van der Waals surface area contributed by atoms with Crippen LogP contribution in [0.25, 0.3) is 0 Å². The summed E-state index contributed by atoms with van der Waals surface area (Å²) in [6.07, 6.45) is 0.752. The van der Waals surface area contributed by atoms with Crippen molar-refractivity contribution in [3.63, 3.8) is 0 Å². The zero-order valence-electron chi connectivity index (χ0n) is 11.3. The van der Waals surface area contributed by atoms with Gasteiger partial charge in [-0.05, 0) is 40.3 Å². The summed E-state index contributed by atoms with van der Waals surface area (Å²) in [5, 5.41) is 3.18. The van der Waals surface area contributed by atoms with E-state index < -0.39 is 5.54 Å². The molecule has 0 aliphatic rings. The smallest absolute Gasteiger partial charge is 0.237 e. The van der Waals surface area contributed by atoms with Crippen LogP contribution in [0.5, 0.6) is 0 Å². The Balaban J connectivity index is 4.36. The van der Waals surface area contributed by atoms with E-state index in [9.17, 15) is 4.79 Å². The first-order chi connectivity index (χ1) is 7.37. The second-order valence-corrected chi connectivity index (χ2v) is 4.70. The molecule has 0 bridgehead atoms. The van der Waals surface area contributed by atoms with Crippen molar-refractivity contribution in [2.75, 3.05) is 19.6 Å². The highest BCUT2D eigenvalue weighted by Crippen LogP contribution is 2.11. The molecule has 0 aliphatic heterocycles. The largest absolute Gasteiger partial charge is 0.368 e. The van der Waals surface area contributed by atoms with E-state index in [4.69, 9.17) is 5.73 Å². The second-order valence-electron chi connectivity index (χ2n) is 4.70. The Morgan fingerprint density at radius 1 is 1.44 bits per heavy atom. The highest BCUT2D eigenvalue weighted by Gasteiger charge is 2.30. The Labute approximate surface area is 99.6 Å². The molecule has 0 aliphatic carbocycles. The number of primary amides is 1. The summed E-state index contributed by atoms with van der Waals surface area (Å²) in [5.74, 6) is -0.269. The molecule has 0 saturated heterocycles. The van der Waals surface area contributed by atoms with Crippen LogP contribution in [0, 0.1) is 0 Å². The van der Waals surface area contributed by atoms with E-state index in [1.807, 2.05) is 13.8 Å². The van der Waals surface area contributed by atoms with E-state index >= 15 is 0 Å². The summed E-state index contributed by atoms with van der Waals surface area (Å²) in [5.41, 5.74) is 4.85. The number of amides is 1. The average Bonchev–Trinajstić information content (AvgIpc) is 2.18. The fraction of sp³-hybridized carbons (Fsp3) is 0.917. The highest BCUT2D eigenvalue weighted by molar-refractivity contribution is 5.84. The zero-order chi connectivity index (χ0) is 12.8. The van der Waals surface area contributed by atoms with Crippen molar-refractivity contribution in [1.82, 2.24) is 10.2 Å². The quantitative estimate of drug-likeness (QED) is 0.652. The van der Waals surface area contributed by atoms with Gasteiger partial charge in [0.15, 0.2) is 0 Å². The van der Waals surface area contributed by atoms with Crippen LogP contribution < -0.4 is 11.1 Å². The predicted octanol–water partition coefficient (Wildman–Crippen LogP) is 0.960. The molecule has 0 aromatic carbocycles. The second kappa shape index (κ2) is 6.86. The van der Waals surface area contributed by atoms with Gasteiger partial charge in [0.2, 0.25) is 5.91 Å². The Kier molecular flexibility index (Phi) is 6.60. The number of hydrogen-bond acceptors (Lipinski definition) is 3. The third-order valence-corrected chi connectivity index (χ3v) is 3.15. The van der Waals surface area contributed by atoms with E-state index in [-0.39, 0.29) is 5.91 Å². The van der Waals surface area contributed by atoms with E-state index in [0.717, 1.165) is 26.1 Å². The van der Waals surface area contributed by atoms with Gasteiger partial charge in [-0.1, -0.05) is 13.8 Å². The average molecular weight is 229 g/mol. The van der Waals surface area contributed by atoms with Gasteiger partial charge < -0.3 is 16.0 Å². The molecule has 96 valence electrons. The van der Waals surface area contributed by atoms with Crippen molar-refractivity contribution in [3.8, 4) is 0 Å². The van der Waals surface area contributed by atoms with E-state index in [1.165, 1.54) is 0 Å². The molecule has 0 heterocycles. The summed E-state index contributed by atoms with van der Waals surface area (Å²) in [6, 6.07) is 0.503. The number of likely N-dealkylation sites (N-methyl/N-ethyl adjacent to an activating group) is 1. The first-order valence-electron chi connectivity index (χ1n) is 6.16. The van der Waals surface area contributed by atoms with Crippen LogP contribution in [0.3, 0.4) is 0 Å². The van der Waals surface area contributed by atoms with Gasteiger partial charge in [0.1, 0.15) is 0 Å². The third-order valence-electron chi connectivity index (χ3n) is 3.15. The van der Waals surface area contributed by atoms with Gasteiger partial charge in [0.05, 0.1) is 5.54 Å². The van der Waals surface area contributed by atoms with Gasteiger partial charge >= 0.3 is 0 Å². The van der Waals surface area contributed by atoms with Crippen molar-refractivity contribution in [1.29, 1.82) is 0 Å². The van der Waals surface area contributed by atoms with Crippen LogP contribution in [-0.4, -0.2) is 42.0 Å². The SMILES string of the molecule is CCNC(C)(CCN(CC)C(C)C)C(N)=O. The van der Waals surface area contributed by atoms with Crippen molar-refractivity contribution >= 4 is 5.91 Å². The number of carbonyl (C=O) groups is 1. The molecule has 1 atom stereocenters. The van der Waals surface area contributed by atoms with Crippen molar-refractivity contribution in [2.24, 2.45) is 5.73 Å². The van der Waals surface area contributed by atoms with Crippen LogP contribution in [0.4, 0.5) is 0 Å². The molecule has 16 heavy (non-hydrogen) atoms. The highest BCUT2D eigenvalue weighted by atomic mass is 16.1. The lowest BCUT2D eigenvalue weighted by Crippen LogP contribution is -2.54. The van der Waals surface area contributed by atoms with Gasteiger partial charge in [0.25, 0.3) is 0 Å². The van der Waals surface area contributed by atoms with Gasteiger partial charge in [0, 0.05) is 12.6 Å². The Bertz CT molecular complexity index is 218. The number of carbonyl (C=O) groups excluding carboxylic acids is 1. The zero-order valence-corrected chi connectivity index (χ0v) is 11.3. The monoisotopic (exact) mass is 229 g/mol. The van der Waals surface area contributed by atoms with Crippen LogP contribution in [0.15, 0.2) is 0 Å². The van der Waals surface area contributed by atoms with Gasteiger partial charge in [-0.3, -0.25) is 4.79 Å². The third kappa shape index (κ3) is 4.49. The minimum absolute atomic E-state index is 0.269. The molecule has 3 N–H and O–H groups in total. The predicted molar refractivity (Wildman–Crippen MR) is 68.3 cm³/mol.